The van der Waals surface area contributed by atoms with E-state index in [-0.39, 0.29) is 0 Å². The minimum absolute atomic E-state index is 0.544. The van der Waals surface area contributed by atoms with E-state index < -0.39 is 11.8 Å². The zero-order valence-corrected chi connectivity index (χ0v) is 15.2. The molecule has 3 aromatic carbocycles. The van der Waals surface area contributed by atoms with Crippen LogP contribution in [0.5, 0.6) is 0 Å². The highest BCUT2D eigenvalue weighted by Gasteiger charge is 2.45. The van der Waals surface area contributed by atoms with Crippen LogP contribution >= 0.6 is 0 Å². The number of hydrogen-bond donors (Lipinski definition) is 1. The summed E-state index contributed by atoms with van der Waals surface area (Å²) in [4.78, 5) is 5.82. The summed E-state index contributed by atoms with van der Waals surface area (Å²) in [6.07, 6.45) is -0.220. The van der Waals surface area contributed by atoms with Gasteiger partial charge in [0.25, 0.3) is 0 Å². The summed E-state index contributed by atoms with van der Waals surface area (Å²) in [7, 11) is 1.61. The van der Waals surface area contributed by atoms with Crippen LogP contribution in [0.4, 0.5) is 0 Å². The smallest absolute Gasteiger partial charge is 0.131 e. The van der Waals surface area contributed by atoms with Crippen LogP contribution in [0.3, 0.4) is 0 Å². The van der Waals surface area contributed by atoms with Crippen LogP contribution in [0.2, 0.25) is 0 Å². The van der Waals surface area contributed by atoms with E-state index in [1.807, 2.05) is 61.5 Å². The average molecular weight is 347 g/mol. The largest absolute Gasteiger partial charge is 0.376 e. The second kappa shape index (κ2) is 8.28. The minimum atomic E-state index is -0.770. The van der Waals surface area contributed by atoms with Crippen molar-refractivity contribution in [1.82, 2.24) is 5.06 Å². The lowest BCUT2D eigenvalue weighted by Crippen LogP contribution is -2.52. The molecule has 0 amide bonds. The molecule has 1 N–H and O–H groups in total. The third-order valence-electron chi connectivity index (χ3n) is 4.74. The van der Waals surface area contributed by atoms with Crippen molar-refractivity contribution in [2.24, 2.45) is 0 Å². The lowest BCUT2D eigenvalue weighted by Gasteiger charge is -2.45. The Morgan fingerprint density at radius 2 is 1.12 bits per heavy atom. The Morgan fingerprint density at radius 1 is 0.769 bits per heavy atom. The van der Waals surface area contributed by atoms with Crippen LogP contribution < -0.4 is 0 Å². The van der Waals surface area contributed by atoms with Gasteiger partial charge in [0.1, 0.15) is 11.8 Å². The zero-order chi connectivity index (χ0) is 18.4. The number of nitrogens with zero attached hydrogens (tertiary/aromatic N) is 1. The van der Waals surface area contributed by atoms with Gasteiger partial charge in [0, 0.05) is 0 Å². The summed E-state index contributed by atoms with van der Waals surface area (Å²) in [5.41, 5.74) is 2.33. The van der Waals surface area contributed by atoms with Crippen LogP contribution in [0.15, 0.2) is 91.0 Å². The first-order valence-corrected chi connectivity index (χ1v) is 8.93. The molecule has 0 aliphatic rings. The molecule has 1 unspecified atom stereocenters. The molecule has 0 aliphatic heterocycles. The van der Waals surface area contributed by atoms with Crippen molar-refractivity contribution in [1.29, 1.82) is 0 Å². The van der Waals surface area contributed by atoms with Crippen LogP contribution in [0, 0.1) is 0 Å². The van der Waals surface area contributed by atoms with E-state index >= 15 is 0 Å². The molecule has 3 nitrogen and oxygen atoms in total. The van der Waals surface area contributed by atoms with Crippen LogP contribution in [0.25, 0.3) is 0 Å². The molecule has 0 bridgehead atoms. The van der Waals surface area contributed by atoms with Crippen molar-refractivity contribution in [3.8, 4) is 0 Å². The molecule has 3 aromatic rings. The predicted molar refractivity (Wildman–Crippen MR) is 104 cm³/mol. The van der Waals surface area contributed by atoms with E-state index in [1.54, 1.807) is 12.2 Å². The molecule has 0 aromatic heterocycles. The summed E-state index contributed by atoms with van der Waals surface area (Å²) in [6, 6.07) is 30.6. The van der Waals surface area contributed by atoms with E-state index in [0.717, 1.165) is 16.7 Å². The van der Waals surface area contributed by atoms with Crippen molar-refractivity contribution in [3.63, 3.8) is 0 Å². The lowest BCUT2D eigenvalue weighted by atomic mass is 9.76. The maximum absolute atomic E-state index is 10.8. The first-order valence-electron chi connectivity index (χ1n) is 8.93. The molecule has 0 saturated heterocycles. The van der Waals surface area contributed by atoms with Crippen molar-refractivity contribution in [2.75, 3.05) is 7.11 Å². The van der Waals surface area contributed by atoms with Crippen LogP contribution in [-0.2, 0) is 10.4 Å². The van der Waals surface area contributed by atoms with Gasteiger partial charge in [-0.1, -0.05) is 97.9 Å². The van der Waals surface area contributed by atoms with Crippen molar-refractivity contribution in [3.05, 3.63) is 108 Å². The van der Waals surface area contributed by atoms with E-state index in [1.165, 1.54) is 0 Å². The van der Waals surface area contributed by atoms with Gasteiger partial charge in [0.05, 0.1) is 7.11 Å². The highest BCUT2D eigenvalue weighted by Crippen LogP contribution is 2.43. The first kappa shape index (κ1) is 18.3. The molecule has 0 radical (unpaired) electrons. The number of benzene rings is 3. The summed E-state index contributed by atoms with van der Waals surface area (Å²) in [5, 5.41) is 12.5. The highest BCUT2D eigenvalue weighted by atomic mass is 16.7. The van der Waals surface area contributed by atoms with Crippen molar-refractivity contribution in [2.45, 2.75) is 25.1 Å². The Balaban J connectivity index is 2.39. The van der Waals surface area contributed by atoms with E-state index in [2.05, 4.69) is 36.4 Å². The number of aliphatic hydroxyl groups excluding tert-OH is 1. The second-order valence-electron chi connectivity index (χ2n) is 6.21. The molecule has 0 heterocycles. The van der Waals surface area contributed by atoms with E-state index in [0.29, 0.717) is 6.42 Å². The monoisotopic (exact) mass is 347 g/mol. The Bertz CT molecular complexity index is 694. The number of aliphatic hydroxyl groups is 1. The van der Waals surface area contributed by atoms with Gasteiger partial charge in [-0.3, -0.25) is 4.84 Å². The fourth-order valence-electron chi connectivity index (χ4n) is 3.57. The normalized spacial score (nSPS) is 12.9. The van der Waals surface area contributed by atoms with Gasteiger partial charge in [-0.15, -0.1) is 5.06 Å². The van der Waals surface area contributed by atoms with Crippen molar-refractivity contribution >= 4 is 0 Å². The zero-order valence-electron chi connectivity index (χ0n) is 15.2. The maximum atomic E-state index is 10.8. The fourth-order valence-corrected chi connectivity index (χ4v) is 3.57. The third-order valence-corrected chi connectivity index (χ3v) is 4.74. The minimum Gasteiger partial charge on any atom is -0.376 e. The standard InChI is InChI=1S/C23H25NO2/c1-3-22(25)24(26-2)23(19-13-7-4-8-14-19,20-15-9-5-10-16-20)21-17-11-6-12-18-21/h4-18,22,25H,3H2,1-2H3. The van der Waals surface area contributed by atoms with Gasteiger partial charge in [0.15, 0.2) is 0 Å². The Hall–Kier alpha value is -2.46. The molecule has 0 saturated carbocycles. The summed E-state index contributed by atoms with van der Waals surface area (Å²) < 4.78 is 0. The van der Waals surface area contributed by atoms with E-state index in [9.17, 15) is 5.11 Å². The van der Waals surface area contributed by atoms with Gasteiger partial charge in [-0.05, 0) is 23.1 Å². The molecule has 0 fully saturated rings. The Morgan fingerprint density at radius 3 is 1.38 bits per heavy atom. The number of rotatable bonds is 7. The van der Waals surface area contributed by atoms with Crippen LogP contribution in [-0.4, -0.2) is 23.5 Å². The van der Waals surface area contributed by atoms with Gasteiger partial charge in [-0.2, -0.15) is 0 Å². The number of hydrogen-bond acceptors (Lipinski definition) is 3. The molecule has 0 aliphatic carbocycles. The molecule has 0 spiro atoms. The predicted octanol–water partition coefficient (Wildman–Crippen LogP) is 4.57. The summed E-state index contributed by atoms with van der Waals surface area (Å²) in [6.45, 7) is 1.95. The van der Waals surface area contributed by atoms with Gasteiger partial charge < -0.3 is 5.11 Å². The third kappa shape index (κ3) is 3.17. The van der Waals surface area contributed by atoms with Gasteiger partial charge in [0.2, 0.25) is 0 Å². The number of hydroxylamine groups is 2. The SMILES string of the molecule is CCC(O)N(OC)C(c1ccccc1)(c1ccccc1)c1ccccc1. The Kier molecular flexibility index (Phi) is 5.84. The Labute approximate surface area is 155 Å². The lowest BCUT2D eigenvalue weighted by molar-refractivity contribution is -0.261. The topological polar surface area (TPSA) is 32.7 Å². The molecule has 134 valence electrons. The maximum Gasteiger partial charge on any atom is 0.131 e. The molecular weight excluding hydrogens is 322 g/mol. The summed E-state index contributed by atoms with van der Waals surface area (Å²) >= 11 is 0. The fraction of sp³-hybridized carbons (Fsp3) is 0.217. The van der Waals surface area contributed by atoms with E-state index in [4.69, 9.17) is 4.84 Å². The van der Waals surface area contributed by atoms with Gasteiger partial charge in [-0.25, -0.2) is 0 Å². The molecule has 3 rings (SSSR count). The average Bonchev–Trinajstić information content (AvgIpc) is 2.73. The quantitative estimate of drug-likeness (QED) is 0.386. The summed E-state index contributed by atoms with van der Waals surface area (Å²) in [5.74, 6) is 0. The van der Waals surface area contributed by atoms with Gasteiger partial charge >= 0.3 is 0 Å². The second-order valence-corrected chi connectivity index (χ2v) is 6.21. The molecule has 26 heavy (non-hydrogen) atoms. The molecular formula is C23H25NO2. The molecule has 1 atom stereocenters. The first-order chi connectivity index (χ1) is 12.7. The molecule has 3 heteroatoms. The van der Waals surface area contributed by atoms with Crippen LogP contribution in [0.1, 0.15) is 30.0 Å². The highest BCUT2D eigenvalue weighted by molar-refractivity contribution is 5.49. The van der Waals surface area contributed by atoms with Crippen molar-refractivity contribution < 1.29 is 9.94 Å².